The molecule has 0 spiro atoms. The molecule has 0 radical (unpaired) electrons. The van der Waals surface area contributed by atoms with E-state index in [0.29, 0.717) is 28.5 Å². The van der Waals surface area contributed by atoms with Crippen LogP contribution < -0.4 is 9.54 Å². The second-order valence-corrected chi connectivity index (χ2v) is 6.61. The van der Waals surface area contributed by atoms with Gasteiger partial charge < -0.3 is 9.30 Å². The Kier molecular flexibility index (Phi) is 4.74. The summed E-state index contributed by atoms with van der Waals surface area (Å²) in [6.07, 6.45) is 5.47. The first-order valence-electron chi connectivity index (χ1n) is 7.21. The summed E-state index contributed by atoms with van der Waals surface area (Å²) in [4.78, 5) is 17.6. The zero-order valence-corrected chi connectivity index (χ0v) is 14.8. The quantitative estimate of drug-likeness (QED) is 0.672. The Morgan fingerprint density at radius 3 is 3.00 bits per heavy atom. The summed E-state index contributed by atoms with van der Waals surface area (Å²) in [6, 6.07) is 5.74. The number of aromatic nitrogens is 3. The summed E-state index contributed by atoms with van der Waals surface area (Å²) in [7, 11) is 0. The number of terminal acetylenes is 1. The van der Waals surface area contributed by atoms with Crippen LogP contribution >= 0.6 is 22.9 Å². The zero-order chi connectivity index (χ0) is 17.1. The average molecular weight is 358 g/mol. The van der Waals surface area contributed by atoms with Crippen molar-refractivity contribution in [2.24, 2.45) is 4.99 Å². The molecule has 1 amide bonds. The van der Waals surface area contributed by atoms with E-state index in [-0.39, 0.29) is 5.91 Å². The van der Waals surface area contributed by atoms with Gasteiger partial charge in [-0.3, -0.25) is 4.79 Å². The van der Waals surface area contributed by atoms with E-state index >= 15 is 0 Å². The maximum absolute atomic E-state index is 12.4. The Morgan fingerprint density at radius 1 is 1.50 bits per heavy atom. The molecular formula is C16H14N4O2S2. The highest BCUT2D eigenvalue weighted by Crippen LogP contribution is 2.23. The second kappa shape index (κ2) is 6.95. The molecule has 1 aromatic carbocycles. The van der Waals surface area contributed by atoms with Gasteiger partial charge in [-0.1, -0.05) is 21.7 Å². The molecular weight excluding hydrogens is 344 g/mol. The normalized spacial score (nSPS) is 11.6. The van der Waals surface area contributed by atoms with E-state index in [0.717, 1.165) is 27.5 Å². The Bertz CT molecular complexity index is 1010. The van der Waals surface area contributed by atoms with Crippen LogP contribution in [0.15, 0.2) is 23.2 Å². The number of carbonyl (C=O) groups is 1. The molecule has 0 unspecified atom stereocenters. The molecule has 3 rings (SSSR count). The van der Waals surface area contributed by atoms with Gasteiger partial charge in [0.1, 0.15) is 10.6 Å². The van der Waals surface area contributed by atoms with Crippen molar-refractivity contribution < 1.29 is 9.53 Å². The summed E-state index contributed by atoms with van der Waals surface area (Å²) >= 11 is 2.44. The monoisotopic (exact) mass is 358 g/mol. The maximum Gasteiger partial charge on any atom is 0.293 e. The number of hydrogen-bond donors (Lipinski definition) is 0. The molecule has 0 N–H and O–H groups in total. The number of ether oxygens (including phenoxy) is 1. The van der Waals surface area contributed by atoms with Crippen LogP contribution in [0.2, 0.25) is 0 Å². The maximum atomic E-state index is 12.4. The number of nitrogens with zero attached hydrogens (tertiary/aromatic N) is 4. The van der Waals surface area contributed by atoms with E-state index in [1.807, 2.05) is 29.7 Å². The summed E-state index contributed by atoms with van der Waals surface area (Å²) < 4.78 is 12.1. The van der Waals surface area contributed by atoms with Gasteiger partial charge in [0.05, 0.1) is 29.1 Å². The largest absolute Gasteiger partial charge is 0.494 e. The highest BCUT2D eigenvalue weighted by molar-refractivity contribution is 7.16. The molecule has 0 aliphatic rings. The van der Waals surface area contributed by atoms with Gasteiger partial charge in [-0.15, -0.1) is 11.5 Å². The topological polar surface area (TPSA) is 69.4 Å². The minimum absolute atomic E-state index is 0.333. The van der Waals surface area contributed by atoms with Gasteiger partial charge in [0.15, 0.2) is 4.80 Å². The van der Waals surface area contributed by atoms with E-state index in [1.165, 1.54) is 11.3 Å². The van der Waals surface area contributed by atoms with E-state index in [1.54, 1.807) is 6.92 Å². The fourth-order valence-electron chi connectivity index (χ4n) is 2.20. The highest BCUT2D eigenvalue weighted by Gasteiger charge is 2.14. The van der Waals surface area contributed by atoms with Crippen LogP contribution in [-0.4, -0.2) is 26.7 Å². The number of thiazole rings is 1. The first-order valence-corrected chi connectivity index (χ1v) is 8.80. The van der Waals surface area contributed by atoms with Gasteiger partial charge in [0, 0.05) is 0 Å². The number of fused-ring (bicyclic) bond motifs is 1. The number of benzene rings is 1. The van der Waals surface area contributed by atoms with Crippen molar-refractivity contribution in [2.75, 3.05) is 6.61 Å². The fraction of sp³-hybridized carbons (Fsp3) is 0.250. The lowest BCUT2D eigenvalue weighted by Crippen LogP contribution is -2.16. The third kappa shape index (κ3) is 3.09. The molecule has 6 nitrogen and oxygen atoms in total. The highest BCUT2D eigenvalue weighted by atomic mass is 32.1. The molecule has 24 heavy (non-hydrogen) atoms. The lowest BCUT2D eigenvalue weighted by Gasteiger charge is -2.03. The van der Waals surface area contributed by atoms with E-state index in [2.05, 4.69) is 20.5 Å². The van der Waals surface area contributed by atoms with E-state index in [4.69, 9.17) is 11.2 Å². The third-order valence-electron chi connectivity index (χ3n) is 3.26. The Morgan fingerprint density at radius 2 is 2.33 bits per heavy atom. The predicted molar refractivity (Wildman–Crippen MR) is 94.4 cm³/mol. The molecule has 3 aromatic rings. The first kappa shape index (κ1) is 16.4. The van der Waals surface area contributed by atoms with Crippen molar-refractivity contribution in [3.05, 3.63) is 33.6 Å². The van der Waals surface area contributed by atoms with Gasteiger partial charge >= 0.3 is 0 Å². The van der Waals surface area contributed by atoms with Crippen molar-refractivity contribution in [3.63, 3.8) is 0 Å². The molecule has 0 aliphatic carbocycles. The van der Waals surface area contributed by atoms with Gasteiger partial charge in [-0.25, -0.2) is 0 Å². The van der Waals surface area contributed by atoms with Gasteiger partial charge in [0.2, 0.25) is 0 Å². The molecule has 0 aliphatic heterocycles. The predicted octanol–water partition coefficient (Wildman–Crippen LogP) is 2.64. The van der Waals surface area contributed by atoms with Crippen LogP contribution in [0.25, 0.3) is 10.2 Å². The number of rotatable bonds is 4. The Labute approximate surface area is 146 Å². The molecule has 8 heteroatoms. The van der Waals surface area contributed by atoms with Crippen LogP contribution in [0.4, 0.5) is 0 Å². The average Bonchev–Trinajstić information content (AvgIpc) is 3.12. The molecule has 0 bridgehead atoms. The summed E-state index contributed by atoms with van der Waals surface area (Å²) in [5, 5.41) is 3.85. The Balaban J connectivity index is 2.14. The lowest BCUT2D eigenvalue weighted by atomic mass is 10.3. The van der Waals surface area contributed by atoms with Crippen LogP contribution in [0.1, 0.15) is 22.3 Å². The lowest BCUT2D eigenvalue weighted by molar-refractivity contribution is 0.100. The van der Waals surface area contributed by atoms with Crippen molar-refractivity contribution >= 4 is 39.0 Å². The van der Waals surface area contributed by atoms with Crippen molar-refractivity contribution in [1.82, 2.24) is 14.2 Å². The van der Waals surface area contributed by atoms with Crippen molar-refractivity contribution in [2.45, 2.75) is 20.4 Å². The molecule has 2 aromatic heterocycles. The first-order chi connectivity index (χ1) is 11.6. The van der Waals surface area contributed by atoms with Gasteiger partial charge in [-0.2, -0.15) is 4.99 Å². The second-order valence-electron chi connectivity index (χ2n) is 4.84. The van der Waals surface area contributed by atoms with Gasteiger partial charge in [0.25, 0.3) is 5.91 Å². The molecule has 2 heterocycles. The summed E-state index contributed by atoms with van der Waals surface area (Å²) in [5.41, 5.74) is 1.50. The smallest absolute Gasteiger partial charge is 0.293 e. The van der Waals surface area contributed by atoms with E-state index in [9.17, 15) is 4.79 Å². The summed E-state index contributed by atoms with van der Waals surface area (Å²) in [5.74, 6) is 3.03. The minimum Gasteiger partial charge on any atom is -0.494 e. The van der Waals surface area contributed by atoms with Crippen molar-refractivity contribution in [3.8, 4) is 18.1 Å². The Hall–Kier alpha value is -2.50. The molecule has 0 saturated heterocycles. The third-order valence-corrected chi connectivity index (χ3v) is 5.11. The zero-order valence-electron chi connectivity index (χ0n) is 13.1. The number of hydrogen-bond acceptors (Lipinski definition) is 6. The standard InChI is InChI=1S/C16H14N4O2S2/c1-4-8-20-12-7-6-11(22-5-2)9-13(12)23-16(20)17-15(21)14-10(3)18-19-24-14/h1,6-7,9H,5,8H2,2-3H3. The van der Waals surface area contributed by atoms with Crippen LogP contribution in [0.3, 0.4) is 0 Å². The number of carbonyl (C=O) groups excluding carboxylic acids is 1. The van der Waals surface area contributed by atoms with Gasteiger partial charge in [-0.05, 0) is 43.6 Å². The molecule has 0 fully saturated rings. The molecule has 0 saturated carbocycles. The van der Waals surface area contributed by atoms with Crippen LogP contribution in [0, 0.1) is 19.3 Å². The van der Waals surface area contributed by atoms with Crippen molar-refractivity contribution in [1.29, 1.82) is 0 Å². The summed E-state index contributed by atoms with van der Waals surface area (Å²) in [6.45, 7) is 4.59. The minimum atomic E-state index is -0.357. The SMILES string of the molecule is C#CCn1c(=NC(=O)c2snnc2C)sc2cc(OCC)ccc21. The number of amides is 1. The van der Waals surface area contributed by atoms with Crippen LogP contribution in [0.5, 0.6) is 5.75 Å². The van der Waals surface area contributed by atoms with Crippen LogP contribution in [-0.2, 0) is 6.54 Å². The fourth-order valence-corrected chi connectivity index (χ4v) is 3.80. The molecule has 0 atom stereocenters. The number of aryl methyl sites for hydroxylation is 1. The van der Waals surface area contributed by atoms with E-state index < -0.39 is 0 Å². The molecule has 122 valence electrons.